The average Bonchev–Trinajstić information content (AvgIpc) is 2.75. The van der Waals surface area contributed by atoms with Gasteiger partial charge in [-0.25, -0.2) is 4.79 Å². The van der Waals surface area contributed by atoms with E-state index in [1.165, 1.54) is 18.2 Å². The van der Waals surface area contributed by atoms with Crippen molar-refractivity contribution in [1.29, 1.82) is 0 Å². The number of benzene rings is 1. The Morgan fingerprint density at radius 1 is 1.10 bits per heavy atom. The lowest BCUT2D eigenvalue weighted by Gasteiger charge is -2.26. The van der Waals surface area contributed by atoms with Crippen molar-refractivity contribution in [3.63, 3.8) is 0 Å². The molecule has 0 radical (unpaired) electrons. The fourth-order valence-corrected chi connectivity index (χ4v) is 2.22. The molecule has 0 bridgehead atoms. The molecular weight excluding hydrogens is 262 g/mol. The van der Waals surface area contributed by atoms with Crippen LogP contribution < -0.4 is 15.4 Å². The van der Waals surface area contributed by atoms with Crippen molar-refractivity contribution >= 4 is 17.9 Å². The molecule has 0 saturated carbocycles. The first-order valence-corrected chi connectivity index (χ1v) is 6.32. The average molecular weight is 275 g/mol. The minimum absolute atomic E-state index is 0.237. The maximum atomic E-state index is 11.9. The summed E-state index contributed by atoms with van der Waals surface area (Å²) in [5.74, 6) is -0.632. The van der Waals surface area contributed by atoms with Crippen LogP contribution in [0.2, 0.25) is 0 Å². The topological polar surface area (TPSA) is 87.7 Å². The standard InChI is InChI=1S/C13H13N3O4/c17-11-9-2-1-8(7-10(9)12(18)15-11)20-13(19)16-5-3-14-4-6-16/h1-2,7,14H,3-6H2,(H,15,17,18). The summed E-state index contributed by atoms with van der Waals surface area (Å²) < 4.78 is 5.23. The summed E-state index contributed by atoms with van der Waals surface area (Å²) in [6, 6.07) is 4.41. The summed E-state index contributed by atoms with van der Waals surface area (Å²) in [6.07, 6.45) is -0.448. The highest BCUT2D eigenvalue weighted by molar-refractivity contribution is 6.21. The van der Waals surface area contributed by atoms with Crippen molar-refractivity contribution in [2.24, 2.45) is 0 Å². The van der Waals surface area contributed by atoms with Gasteiger partial charge in [0.15, 0.2) is 0 Å². The van der Waals surface area contributed by atoms with Gasteiger partial charge in [-0.15, -0.1) is 0 Å². The number of nitrogens with zero attached hydrogens (tertiary/aromatic N) is 1. The van der Waals surface area contributed by atoms with Crippen molar-refractivity contribution in [3.05, 3.63) is 29.3 Å². The van der Waals surface area contributed by atoms with Gasteiger partial charge < -0.3 is 15.0 Å². The molecule has 0 spiro atoms. The zero-order chi connectivity index (χ0) is 14.1. The van der Waals surface area contributed by atoms with E-state index in [1.807, 2.05) is 0 Å². The molecule has 0 aromatic heterocycles. The largest absolute Gasteiger partial charge is 0.415 e. The van der Waals surface area contributed by atoms with Gasteiger partial charge in [-0.2, -0.15) is 0 Å². The van der Waals surface area contributed by atoms with Crippen molar-refractivity contribution < 1.29 is 19.1 Å². The molecule has 2 aliphatic rings. The van der Waals surface area contributed by atoms with Crippen LogP contribution in [0.25, 0.3) is 0 Å². The lowest BCUT2D eigenvalue weighted by Crippen LogP contribution is -2.47. The molecule has 0 aliphatic carbocycles. The van der Waals surface area contributed by atoms with Crippen LogP contribution in [0.1, 0.15) is 20.7 Å². The summed E-state index contributed by atoms with van der Waals surface area (Å²) in [7, 11) is 0. The van der Waals surface area contributed by atoms with Crippen LogP contribution >= 0.6 is 0 Å². The molecule has 7 nitrogen and oxygen atoms in total. The molecule has 2 N–H and O–H groups in total. The van der Waals surface area contributed by atoms with E-state index in [-0.39, 0.29) is 11.3 Å². The molecule has 1 saturated heterocycles. The van der Waals surface area contributed by atoms with E-state index < -0.39 is 17.9 Å². The Kier molecular flexibility index (Phi) is 3.11. The molecule has 7 heteroatoms. The predicted octanol–water partition coefficient (Wildman–Crippen LogP) is -0.0258. The molecule has 2 heterocycles. The molecule has 3 amide bonds. The molecule has 0 atom stereocenters. The Hall–Kier alpha value is -2.41. The fourth-order valence-electron chi connectivity index (χ4n) is 2.22. The number of imide groups is 1. The number of fused-ring (bicyclic) bond motifs is 1. The number of hydrogen-bond acceptors (Lipinski definition) is 5. The quantitative estimate of drug-likeness (QED) is 0.703. The van der Waals surface area contributed by atoms with Crippen LogP contribution in [0.5, 0.6) is 5.75 Å². The minimum Gasteiger partial charge on any atom is -0.410 e. The second-order valence-corrected chi connectivity index (χ2v) is 4.60. The highest BCUT2D eigenvalue weighted by atomic mass is 16.6. The first-order chi connectivity index (χ1) is 9.65. The molecule has 1 aromatic carbocycles. The molecule has 1 aromatic rings. The smallest absolute Gasteiger partial charge is 0.410 e. The molecule has 0 unspecified atom stereocenters. The summed E-state index contributed by atoms with van der Waals surface area (Å²) in [4.78, 5) is 36.4. The normalized spacial score (nSPS) is 17.7. The van der Waals surface area contributed by atoms with Crippen molar-refractivity contribution in [3.8, 4) is 5.75 Å². The number of carbonyl (C=O) groups excluding carboxylic acids is 3. The number of piperazine rings is 1. The van der Waals surface area contributed by atoms with E-state index in [0.717, 1.165) is 13.1 Å². The SMILES string of the molecule is O=C1NC(=O)c2cc(OC(=O)N3CCNCC3)ccc21. The van der Waals surface area contributed by atoms with E-state index >= 15 is 0 Å². The van der Waals surface area contributed by atoms with Crippen molar-refractivity contribution in [2.75, 3.05) is 26.2 Å². The zero-order valence-electron chi connectivity index (χ0n) is 10.6. The minimum atomic E-state index is -0.468. The predicted molar refractivity (Wildman–Crippen MR) is 68.7 cm³/mol. The number of amides is 3. The van der Waals surface area contributed by atoms with E-state index in [1.54, 1.807) is 4.90 Å². The fraction of sp³-hybridized carbons (Fsp3) is 0.308. The molecular formula is C13H13N3O4. The number of nitrogens with one attached hydrogen (secondary N) is 2. The highest BCUT2D eigenvalue weighted by Gasteiger charge is 2.27. The van der Waals surface area contributed by atoms with Gasteiger partial charge in [0.25, 0.3) is 11.8 Å². The van der Waals surface area contributed by atoms with Gasteiger partial charge in [-0.3, -0.25) is 14.9 Å². The van der Waals surface area contributed by atoms with Gasteiger partial charge in [0.1, 0.15) is 5.75 Å². The van der Waals surface area contributed by atoms with Gasteiger partial charge in [0, 0.05) is 26.2 Å². The molecule has 20 heavy (non-hydrogen) atoms. The third kappa shape index (κ3) is 2.23. The van der Waals surface area contributed by atoms with Gasteiger partial charge in [0.2, 0.25) is 0 Å². The van der Waals surface area contributed by atoms with Crippen LogP contribution in [-0.2, 0) is 0 Å². The zero-order valence-corrected chi connectivity index (χ0v) is 10.6. The lowest BCUT2D eigenvalue weighted by atomic mass is 10.1. The van der Waals surface area contributed by atoms with Crippen LogP contribution in [0.4, 0.5) is 4.79 Å². The third-order valence-corrected chi connectivity index (χ3v) is 3.29. The van der Waals surface area contributed by atoms with Gasteiger partial charge in [0.05, 0.1) is 11.1 Å². The lowest BCUT2D eigenvalue weighted by molar-refractivity contribution is 0.0879. The number of ether oxygens (including phenoxy) is 1. The monoisotopic (exact) mass is 275 g/mol. The van der Waals surface area contributed by atoms with E-state index in [0.29, 0.717) is 18.7 Å². The second-order valence-electron chi connectivity index (χ2n) is 4.60. The van der Waals surface area contributed by atoms with Gasteiger partial charge >= 0.3 is 6.09 Å². The van der Waals surface area contributed by atoms with E-state index in [9.17, 15) is 14.4 Å². The summed E-state index contributed by atoms with van der Waals surface area (Å²) in [5, 5.41) is 5.33. The maximum Gasteiger partial charge on any atom is 0.415 e. The Morgan fingerprint density at radius 3 is 2.55 bits per heavy atom. The Bertz CT molecular complexity index is 593. The summed E-state index contributed by atoms with van der Waals surface area (Å²) in [5.41, 5.74) is 0.539. The highest BCUT2D eigenvalue weighted by Crippen LogP contribution is 2.22. The van der Waals surface area contributed by atoms with Crippen molar-refractivity contribution in [2.45, 2.75) is 0 Å². The number of carbonyl (C=O) groups is 3. The number of rotatable bonds is 1. The van der Waals surface area contributed by atoms with Gasteiger partial charge in [-0.1, -0.05) is 0 Å². The number of hydrogen-bond donors (Lipinski definition) is 2. The van der Waals surface area contributed by atoms with Crippen LogP contribution in [0, 0.1) is 0 Å². The van der Waals surface area contributed by atoms with E-state index in [4.69, 9.17) is 4.74 Å². The van der Waals surface area contributed by atoms with Crippen LogP contribution in [0.15, 0.2) is 18.2 Å². The summed E-state index contributed by atoms with van der Waals surface area (Å²) in [6.45, 7) is 2.64. The summed E-state index contributed by atoms with van der Waals surface area (Å²) >= 11 is 0. The second kappa shape index (κ2) is 4.93. The van der Waals surface area contributed by atoms with Crippen molar-refractivity contribution in [1.82, 2.24) is 15.5 Å². The van der Waals surface area contributed by atoms with Crippen LogP contribution in [-0.4, -0.2) is 49.0 Å². The Balaban J connectivity index is 1.75. The Labute approximate surface area is 114 Å². The first-order valence-electron chi connectivity index (χ1n) is 6.32. The molecule has 104 valence electrons. The maximum absolute atomic E-state index is 11.9. The molecule has 1 fully saturated rings. The first kappa shape index (κ1) is 12.6. The van der Waals surface area contributed by atoms with Gasteiger partial charge in [-0.05, 0) is 18.2 Å². The van der Waals surface area contributed by atoms with E-state index in [2.05, 4.69) is 10.6 Å². The molecule has 3 rings (SSSR count). The van der Waals surface area contributed by atoms with Crippen LogP contribution in [0.3, 0.4) is 0 Å². The third-order valence-electron chi connectivity index (χ3n) is 3.29. The Morgan fingerprint density at radius 2 is 1.80 bits per heavy atom. The molecule has 2 aliphatic heterocycles.